The van der Waals surface area contributed by atoms with Gasteiger partial charge in [-0.3, -0.25) is 4.99 Å². The first-order valence-corrected chi connectivity index (χ1v) is 8.67. The lowest BCUT2D eigenvalue weighted by molar-refractivity contribution is 0.342. The average molecular weight is 309 g/mol. The summed E-state index contributed by atoms with van der Waals surface area (Å²) in [5, 5.41) is 7.90. The van der Waals surface area contributed by atoms with Gasteiger partial charge in [0.25, 0.3) is 0 Å². The van der Waals surface area contributed by atoms with Crippen LogP contribution in [0, 0.1) is 5.92 Å². The van der Waals surface area contributed by atoms with Gasteiger partial charge in [0.1, 0.15) is 5.01 Å². The van der Waals surface area contributed by atoms with E-state index in [2.05, 4.69) is 39.4 Å². The van der Waals surface area contributed by atoms with Crippen LogP contribution in [0.3, 0.4) is 0 Å². The second-order valence-electron chi connectivity index (χ2n) is 5.43. The maximum absolute atomic E-state index is 4.42. The molecular formula is C15H27N5S. The van der Waals surface area contributed by atoms with Crippen LogP contribution >= 0.6 is 11.3 Å². The minimum atomic E-state index is 0.732. The van der Waals surface area contributed by atoms with E-state index < -0.39 is 0 Å². The number of guanidine groups is 1. The van der Waals surface area contributed by atoms with Crippen LogP contribution in [0.5, 0.6) is 0 Å². The van der Waals surface area contributed by atoms with Crippen molar-refractivity contribution in [1.29, 1.82) is 0 Å². The number of thiazole rings is 1. The summed E-state index contributed by atoms with van der Waals surface area (Å²) in [6, 6.07) is 0. The summed E-state index contributed by atoms with van der Waals surface area (Å²) < 4.78 is 0. The van der Waals surface area contributed by atoms with Crippen LogP contribution < -0.4 is 10.6 Å². The van der Waals surface area contributed by atoms with Crippen LogP contribution in [0.4, 0.5) is 0 Å². The molecule has 2 rings (SSSR count). The number of aromatic nitrogens is 1. The number of aliphatic imine (C=N–C) groups is 1. The largest absolute Gasteiger partial charge is 0.356 e. The number of aryl methyl sites for hydroxylation is 1. The van der Waals surface area contributed by atoms with Gasteiger partial charge in [-0.25, -0.2) is 4.98 Å². The summed E-state index contributed by atoms with van der Waals surface area (Å²) in [5.41, 5.74) is 0. The summed E-state index contributed by atoms with van der Waals surface area (Å²) in [6.45, 7) is 9.72. The van der Waals surface area contributed by atoms with E-state index in [0.717, 1.165) is 42.9 Å². The highest BCUT2D eigenvalue weighted by Gasteiger charge is 2.20. The molecule has 0 aromatic carbocycles. The molecule has 1 fully saturated rings. The van der Waals surface area contributed by atoms with Gasteiger partial charge in [0.2, 0.25) is 0 Å². The predicted octanol–water partition coefficient (Wildman–Crippen LogP) is 1.71. The third-order valence-corrected chi connectivity index (χ3v) is 5.10. The highest BCUT2D eigenvalue weighted by atomic mass is 32.1. The molecule has 0 bridgehead atoms. The van der Waals surface area contributed by atoms with E-state index in [1.165, 1.54) is 24.4 Å². The van der Waals surface area contributed by atoms with Crippen LogP contribution in [0.1, 0.15) is 30.2 Å². The molecule has 2 N–H and O–H groups in total. The monoisotopic (exact) mass is 309 g/mol. The average Bonchev–Trinajstić information content (AvgIpc) is 3.16. The van der Waals surface area contributed by atoms with Crippen molar-refractivity contribution in [1.82, 2.24) is 20.5 Å². The first-order chi connectivity index (χ1) is 10.2. The minimum absolute atomic E-state index is 0.732. The Hall–Kier alpha value is -1.14. The molecule has 1 aliphatic heterocycles. The van der Waals surface area contributed by atoms with Crippen molar-refractivity contribution in [3.63, 3.8) is 0 Å². The quantitative estimate of drug-likeness (QED) is 0.620. The van der Waals surface area contributed by atoms with Crippen LogP contribution in [-0.2, 0) is 13.0 Å². The summed E-state index contributed by atoms with van der Waals surface area (Å²) in [6.07, 6.45) is 4.31. The van der Waals surface area contributed by atoms with Gasteiger partial charge in [-0.05, 0) is 31.8 Å². The van der Waals surface area contributed by atoms with Gasteiger partial charge >= 0.3 is 0 Å². The van der Waals surface area contributed by atoms with Crippen LogP contribution in [0.25, 0.3) is 0 Å². The molecule has 1 unspecified atom stereocenters. The van der Waals surface area contributed by atoms with Gasteiger partial charge in [0, 0.05) is 31.2 Å². The third kappa shape index (κ3) is 4.97. The SMILES string of the molecule is CCc1cnc(CNC(=NC)NCC2CCN(CC)C2)s1. The highest BCUT2D eigenvalue weighted by molar-refractivity contribution is 7.11. The molecule has 1 aromatic heterocycles. The van der Waals surface area contributed by atoms with E-state index in [4.69, 9.17) is 0 Å². The maximum atomic E-state index is 4.42. The molecule has 1 saturated heterocycles. The molecule has 5 nitrogen and oxygen atoms in total. The Bertz CT molecular complexity index is 457. The van der Waals surface area contributed by atoms with E-state index in [1.54, 1.807) is 11.3 Å². The second-order valence-corrected chi connectivity index (χ2v) is 6.63. The Kier molecular flexibility index (Phi) is 6.45. The van der Waals surface area contributed by atoms with Gasteiger partial charge in [0.05, 0.1) is 6.54 Å². The van der Waals surface area contributed by atoms with Crippen molar-refractivity contribution in [2.45, 2.75) is 33.2 Å². The topological polar surface area (TPSA) is 52.6 Å². The van der Waals surface area contributed by atoms with E-state index in [-0.39, 0.29) is 0 Å². The van der Waals surface area contributed by atoms with Crippen molar-refractivity contribution in [3.8, 4) is 0 Å². The Morgan fingerprint density at radius 1 is 1.48 bits per heavy atom. The van der Waals surface area contributed by atoms with Gasteiger partial charge in [-0.15, -0.1) is 11.3 Å². The molecule has 2 heterocycles. The molecule has 0 saturated carbocycles. The van der Waals surface area contributed by atoms with Crippen molar-refractivity contribution in [2.24, 2.45) is 10.9 Å². The molecule has 0 spiro atoms. The van der Waals surface area contributed by atoms with E-state index >= 15 is 0 Å². The summed E-state index contributed by atoms with van der Waals surface area (Å²) in [5.74, 6) is 1.60. The van der Waals surface area contributed by atoms with Gasteiger partial charge in [0.15, 0.2) is 5.96 Å². The zero-order chi connectivity index (χ0) is 15.1. The summed E-state index contributed by atoms with van der Waals surface area (Å²) in [7, 11) is 1.82. The van der Waals surface area contributed by atoms with E-state index in [9.17, 15) is 0 Å². The molecular weight excluding hydrogens is 282 g/mol. The number of hydrogen-bond donors (Lipinski definition) is 2. The van der Waals surface area contributed by atoms with Gasteiger partial charge in [-0.1, -0.05) is 13.8 Å². The van der Waals surface area contributed by atoms with Gasteiger partial charge in [-0.2, -0.15) is 0 Å². The van der Waals surface area contributed by atoms with E-state index in [1.807, 2.05) is 13.2 Å². The third-order valence-electron chi connectivity index (χ3n) is 3.96. The molecule has 21 heavy (non-hydrogen) atoms. The number of nitrogens with one attached hydrogen (secondary N) is 2. The first kappa shape index (κ1) is 16.2. The zero-order valence-electron chi connectivity index (χ0n) is 13.4. The Morgan fingerprint density at radius 2 is 2.33 bits per heavy atom. The normalized spacial score (nSPS) is 20.0. The Morgan fingerprint density at radius 3 is 2.95 bits per heavy atom. The number of hydrogen-bond acceptors (Lipinski definition) is 4. The van der Waals surface area contributed by atoms with E-state index in [0.29, 0.717) is 0 Å². The molecule has 0 radical (unpaired) electrons. The first-order valence-electron chi connectivity index (χ1n) is 7.85. The molecule has 118 valence electrons. The predicted molar refractivity (Wildman–Crippen MR) is 89.9 cm³/mol. The molecule has 1 atom stereocenters. The number of nitrogens with zero attached hydrogens (tertiary/aromatic N) is 3. The summed E-state index contributed by atoms with van der Waals surface area (Å²) in [4.78, 5) is 12.5. The number of rotatable bonds is 6. The van der Waals surface area contributed by atoms with Crippen LogP contribution in [0.15, 0.2) is 11.2 Å². The lowest BCUT2D eigenvalue weighted by atomic mass is 10.1. The van der Waals surface area contributed by atoms with Crippen molar-refractivity contribution in [2.75, 3.05) is 33.2 Å². The smallest absolute Gasteiger partial charge is 0.191 e. The molecule has 0 amide bonds. The lowest BCUT2D eigenvalue weighted by Crippen LogP contribution is -2.39. The van der Waals surface area contributed by atoms with Crippen molar-refractivity contribution < 1.29 is 0 Å². The Balaban J connectivity index is 1.71. The molecule has 0 aliphatic carbocycles. The fourth-order valence-corrected chi connectivity index (χ4v) is 3.38. The van der Waals surface area contributed by atoms with Crippen molar-refractivity contribution in [3.05, 3.63) is 16.1 Å². The second kappa shape index (κ2) is 8.34. The zero-order valence-corrected chi connectivity index (χ0v) is 14.2. The molecule has 1 aromatic rings. The molecule has 6 heteroatoms. The fourth-order valence-electron chi connectivity index (χ4n) is 2.58. The fraction of sp³-hybridized carbons (Fsp3) is 0.733. The van der Waals surface area contributed by atoms with Gasteiger partial charge < -0.3 is 15.5 Å². The van der Waals surface area contributed by atoms with Crippen LogP contribution in [-0.4, -0.2) is 49.1 Å². The van der Waals surface area contributed by atoms with Crippen molar-refractivity contribution >= 4 is 17.3 Å². The summed E-state index contributed by atoms with van der Waals surface area (Å²) >= 11 is 1.77. The molecule has 1 aliphatic rings. The number of likely N-dealkylation sites (tertiary alicyclic amines) is 1. The lowest BCUT2D eigenvalue weighted by Gasteiger charge is -2.16. The standard InChI is InChI=1S/C15H27N5S/c1-4-13-9-17-14(21-13)10-19-15(16-3)18-8-12-6-7-20(5-2)11-12/h9,12H,4-8,10-11H2,1-3H3,(H2,16,18,19). The Labute approximate surface area is 131 Å². The minimum Gasteiger partial charge on any atom is -0.356 e. The van der Waals surface area contributed by atoms with Crippen LogP contribution in [0.2, 0.25) is 0 Å². The highest BCUT2D eigenvalue weighted by Crippen LogP contribution is 2.14. The maximum Gasteiger partial charge on any atom is 0.191 e.